The molecule has 6 rings (SSSR count). The maximum atomic E-state index is 4.80. The van der Waals surface area contributed by atoms with Crippen LogP contribution in [0.5, 0.6) is 0 Å². The second kappa shape index (κ2) is 14.8. The monoisotopic (exact) mass is 574 g/mol. The molecule has 0 aliphatic heterocycles. The van der Waals surface area contributed by atoms with E-state index in [-0.39, 0.29) is 0 Å². The van der Waals surface area contributed by atoms with Crippen molar-refractivity contribution in [1.29, 1.82) is 0 Å². The minimum absolute atomic E-state index is 0.333. The Morgan fingerprint density at radius 3 is 1.66 bits per heavy atom. The first-order valence-electron chi connectivity index (χ1n) is 14.8. The molecule has 0 saturated heterocycles. The van der Waals surface area contributed by atoms with Gasteiger partial charge in [0.25, 0.3) is 0 Å². The van der Waals surface area contributed by atoms with E-state index in [1.807, 2.05) is 18.5 Å². The number of nitrogens with two attached hydrogens (primary N) is 1. The number of pyridine rings is 1. The summed E-state index contributed by atoms with van der Waals surface area (Å²) in [5.41, 5.74) is 15.1. The lowest BCUT2D eigenvalue weighted by Gasteiger charge is -2.33. The molecule has 5 aromatic carbocycles. The first-order chi connectivity index (χ1) is 21.6. The summed E-state index contributed by atoms with van der Waals surface area (Å²) in [7, 11) is 0. The smallest absolute Gasteiger partial charge is 0.0852 e. The molecule has 0 saturated carbocycles. The van der Waals surface area contributed by atoms with Crippen LogP contribution in [-0.4, -0.2) is 18.4 Å². The number of rotatable bonds is 9. The van der Waals surface area contributed by atoms with Gasteiger partial charge in [0.2, 0.25) is 0 Å². The van der Waals surface area contributed by atoms with Gasteiger partial charge in [-0.15, -0.1) is 0 Å². The standard InChI is InChI=1S/C38H32N2.C2H6N2/c1-38(36-17-9-4-10-18-36,40-27-29-19-21-32(22-20-29)30-12-5-2-6-13-30)37-25-34(31-14-7-3-8-15-31)24-35(26-37)33-16-11-23-39-28-33;1-4-2-3/h2-26,28,40H,27H2,1H3;1-3H2. The van der Waals surface area contributed by atoms with Crippen molar-refractivity contribution in [2.24, 2.45) is 10.7 Å². The average molecular weight is 575 g/mol. The molecule has 3 N–H and O–H groups in total. The zero-order chi connectivity index (χ0) is 30.6. The summed E-state index contributed by atoms with van der Waals surface area (Å²) in [6.07, 6.45) is 3.76. The Labute approximate surface area is 261 Å². The Morgan fingerprint density at radius 2 is 1.11 bits per heavy atom. The van der Waals surface area contributed by atoms with E-state index in [2.05, 4.69) is 168 Å². The zero-order valence-corrected chi connectivity index (χ0v) is 25.1. The van der Waals surface area contributed by atoms with Crippen LogP contribution in [0.4, 0.5) is 0 Å². The van der Waals surface area contributed by atoms with Crippen LogP contribution in [0.1, 0.15) is 23.6 Å². The number of aliphatic imine (C=N–C) groups is 1. The highest BCUT2D eigenvalue weighted by atomic mass is 15.0. The topological polar surface area (TPSA) is 63.3 Å². The van der Waals surface area contributed by atoms with Crippen LogP contribution in [0.2, 0.25) is 0 Å². The van der Waals surface area contributed by atoms with Gasteiger partial charge < -0.3 is 5.73 Å². The van der Waals surface area contributed by atoms with E-state index in [0.29, 0.717) is 6.67 Å². The number of nitrogens with one attached hydrogen (secondary N) is 1. The van der Waals surface area contributed by atoms with Crippen molar-refractivity contribution in [3.05, 3.63) is 175 Å². The molecule has 0 amide bonds. The predicted octanol–water partition coefficient (Wildman–Crippen LogP) is 8.74. The first kappa shape index (κ1) is 30.3. The van der Waals surface area contributed by atoms with Crippen molar-refractivity contribution < 1.29 is 0 Å². The van der Waals surface area contributed by atoms with Gasteiger partial charge in [-0.3, -0.25) is 15.3 Å². The lowest BCUT2D eigenvalue weighted by Crippen LogP contribution is -2.40. The molecule has 0 aliphatic carbocycles. The number of aromatic nitrogens is 1. The molecule has 1 aromatic heterocycles. The molecular formula is C40H38N4. The lowest BCUT2D eigenvalue weighted by atomic mass is 9.81. The van der Waals surface area contributed by atoms with E-state index in [9.17, 15) is 0 Å². The van der Waals surface area contributed by atoms with Gasteiger partial charge in [-0.1, -0.05) is 121 Å². The Morgan fingerprint density at radius 1 is 0.614 bits per heavy atom. The normalized spacial score (nSPS) is 12.0. The number of benzene rings is 5. The number of nitrogens with zero attached hydrogens (tertiary/aromatic N) is 2. The third-order valence-corrected chi connectivity index (χ3v) is 7.80. The van der Waals surface area contributed by atoms with Crippen LogP contribution in [0.3, 0.4) is 0 Å². The van der Waals surface area contributed by atoms with Crippen LogP contribution in [0.25, 0.3) is 33.4 Å². The van der Waals surface area contributed by atoms with Crippen molar-refractivity contribution in [1.82, 2.24) is 10.3 Å². The fraction of sp³-hybridized carbons (Fsp3) is 0.100. The minimum Gasteiger partial charge on any atom is -0.312 e. The molecule has 218 valence electrons. The first-order valence-corrected chi connectivity index (χ1v) is 14.8. The van der Waals surface area contributed by atoms with Gasteiger partial charge in [-0.25, -0.2) is 0 Å². The Balaban J connectivity index is 0.000000906. The molecule has 4 nitrogen and oxygen atoms in total. The molecule has 0 bridgehead atoms. The van der Waals surface area contributed by atoms with Crippen LogP contribution < -0.4 is 11.1 Å². The summed E-state index contributed by atoms with van der Waals surface area (Å²) in [5.74, 6) is 0. The van der Waals surface area contributed by atoms with Crippen molar-refractivity contribution in [2.75, 3.05) is 6.67 Å². The molecule has 4 heteroatoms. The number of hydrogen-bond acceptors (Lipinski definition) is 4. The number of hydrogen-bond donors (Lipinski definition) is 2. The maximum absolute atomic E-state index is 4.80. The van der Waals surface area contributed by atoms with Gasteiger partial charge in [-0.05, 0) is 82.4 Å². The van der Waals surface area contributed by atoms with Crippen molar-refractivity contribution >= 4 is 6.72 Å². The minimum atomic E-state index is -0.429. The van der Waals surface area contributed by atoms with Gasteiger partial charge in [0.1, 0.15) is 0 Å². The van der Waals surface area contributed by atoms with Crippen LogP contribution in [0, 0.1) is 0 Å². The van der Waals surface area contributed by atoms with Crippen LogP contribution in [0.15, 0.2) is 163 Å². The summed E-state index contributed by atoms with van der Waals surface area (Å²) < 4.78 is 0. The van der Waals surface area contributed by atoms with Crippen LogP contribution >= 0.6 is 0 Å². The molecule has 1 unspecified atom stereocenters. The molecule has 0 fully saturated rings. The second-order valence-corrected chi connectivity index (χ2v) is 10.7. The second-order valence-electron chi connectivity index (χ2n) is 10.7. The summed E-state index contributed by atoms with van der Waals surface area (Å²) in [5, 5.41) is 3.95. The van der Waals surface area contributed by atoms with Crippen molar-refractivity contribution in [3.63, 3.8) is 0 Å². The molecular weight excluding hydrogens is 536 g/mol. The molecule has 0 aliphatic rings. The summed E-state index contributed by atoms with van der Waals surface area (Å²) in [6, 6.07) is 51.8. The maximum Gasteiger partial charge on any atom is 0.0852 e. The Bertz CT molecular complexity index is 1680. The van der Waals surface area contributed by atoms with Gasteiger partial charge in [-0.2, -0.15) is 0 Å². The SMILES string of the molecule is C=NCN.CC(NCc1ccc(-c2ccccc2)cc1)(c1ccccc1)c1cc(-c2ccccc2)cc(-c2cccnc2)c1. The summed E-state index contributed by atoms with van der Waals surface area (Å²) in [6.45, 7) is 6.46. The van der Waals surface area contributed by atoms with E-state index in [4.69, 9.17) is 5.73 Å². The quantitative estimate of drug-likeness (QED) is 0.170. The third-order valence-electron chi connectivity index (χ3n) is 7.80. The highest BCUT2D eigenvalue weighted by molar-refractivity contribution is 5.74. The molecule has 1 atom stereocenters. The van der Waals surface area contributed by atoms with Gasteiger partial charge in [0, 0.05) is 24.5 Å². The lowest BCUT2D eigenvalue weighted by molar-refractivity contribution is 0.436. The molecule has 44 heavy (non-hydrogen) atoms. The van der Waals surface area contributed by atoms with E-state index in [0.717, 1.165) is 17.7 Å². The van der Waals surface area contributed by atoms with Gasteiger partial charge >= 0.3 is 0 Å². The Kier molecular flexibility index (Phi) is 10.2. The van der Waals surface area contributed by atoms with Crippen molar-refractivity contribution in [3.8, 4) is 33.4 Å². The predicted molar refractivity (Wildman–Crippen MR) is 185 cm³/mol. The highest BCUT2D eigenvalue weighted by Gasteiger charge is 2.29. The van der Waals surface area contributed by atoms with Crippen molar-refractivity contribution in [2.45, 2.75) is 19.0 Å². The molecule has 0 spiro atoms. The Hall–Kier alpha value is -5.16. The largest absolute Gasteiger partial charge is 0.312 e. The van der Waals surface area contributed by atoms with E-state index in [1.54, 1.807) is 0 Å². The van der Waals surface area contributed by atoms with E-state index in [1.165, 1.54) is 38.9 Å². The fourth-order valence-corrected chi connectivity index (χ4v) is 5.28. The third kappa shape index (κ3) is 7.42. The zero-order valence-electron chi connectivity index (χ0n) is 25.1. The van der Waals surface area contributed by atoms with E-state index < -0.39 is 5.54 Å². The summed E-state index contributed by atoms with van der Waals surface area (Å²) >= 11 is 0. The van der Waals surface area contributed by atoms with Gasteiger partial charge in [0.05, 0.1) is 12.2 Å². The molecule has 1 heterocycles. The van der Waals surface area contributed by atoms with Gasteiger partial charge in [0.15, 0.2) is 0 Å². The van der Waals surface area contributed by atoms with E-state index >= 15 is 0 Å². The fourth-order valence-electron chi connectivity index (χ4n) is 5.28. The molecule has 0 radical (unpaired) electrons. The average Bonchev–Trinajstić information content (AvgIpc) is 3.12. The molecule has 6 aromatic rings. The highest BCUT2D eigenvalue weighted by Crippen LogP contribution is 2.36. The summed E-state index contributed by atoms with van der Waals surface area (Å²) in [4.78, 5) is 7.67. The van der Waals surface area contributed by atoms with Crippen LogP contribution in [-0.2, 0) is 12.1 Å².